The molecule has 0 aliphatic carbocycles. The summed E-state index contributed by atoms with van der Waals surface area (Å²) >= 11 is 17.8. The number of benzene rings is 2. The summed E-state index contributed by atoms with van der Waals surface area (Å²) in [7, 11) is 1.31. The van der Waals surface area contributed by atoms with Gasteiger partial charge in [-0.3, -0.25) is 0 Å². The molecular weight excluding hydrogens is 347 g/mol. The number of esters is 1. The molecule has 116 valence electrons. The molecule has 2 rings (SSSR count). The van der Waals surface area contributed by atoms with Crippen LogP contribution in [0.5, 0.6) is 5.75 Å². The number of hydrogen-bond donors (Lipinski definition) is 0. The summed E-state index contributed by atoms with van der Waals surface area (Å²) in [6.45, 7) is 0. The minimum atomic E-state index is -0.821. The van der Waals surface area contributed by atoms with E-state index in [9.17, 15) is 4.79 Å². The van der Waals surface area contributed by atoms with E-state index in [1.807, 2.05) is 12.1 Å². The van der Waals surface area contributed by atoms with E-state index in [2.05, 4.69) is 0 Å². The highest BCUT2D eigenvalue weighted by Gasteiger charge is 2.22. The Morgan fingerprint density at radius 3 is 2.32 bits per heavy atom. The Labute approximate surface area is 143 Å². The zero-order valence-corrected chi connectivity index (χ0v) is 14.0. The average molecular weight is 360 g/mol. The van der Waals surface area contributed by atoms with Crippen molar-refractivity contribution in [2.24, 2.45) is 0 Å². The number of rotatable bonds is 5. The van der Waals surface area contributed by atoms with Crippen molar-refractivity contribution in [2.75, 3.05) is 7.11 Å². The van der Waals surface area contributed by atoms with Crippen LogP contribution in [-0.2, 0) is 16.0 Å². The fourth-order valence-corrected chi connectivity index (χ4v) is 2.66. The maximum Gasteiger partial charge on any atom is 0.347 e. The van der Waals surface area contributed by atoms with Gasteiger partial charge in [0.1, 0.15) is 5.75 Å². The van der Waals surface area contributed by atoms with E-state index in [1.165, 1.54) is 7.11 Å². The van der Waals surface area contributed by atoms with Crippen molar-refractivity contribution in [3.8, 4) is 5.75 Å². The van der Waals surface area contributed by atoms with Crippen LogP contribution in [0.25, 0.3) is 0 Å². The first-order chi connectivity index (χ1) is 10.5. The predicted octanol–water partition coefficient (Wildman–Crippen LogP) is 4.81. The third-order valence-electron chi connectivity index (χ3n) is 2.89. The molecule has 0 heterocycles. The second-order valence-electron chi connectivity index (χ2n) is 4.57. The molecule has 0 bridgehead atoms. The van der Waals surface area contributed by atoms with Crippen LogP contribution >= 0.6 is 34.8 Å². The Hall–Kier alpha value is -1.42. The van der Waals surface area contributed by atoms with Gasteiger partial charge < -0.3 is 9.47 Å². The molecule has 0 aromatic heterocycles. The average Bonchev–Trinajstić information content (AvgIpc) is 2.44. The number of halogens is 3. The molecular formula is C16H13Cl3O3. The molecule has 0 aliphatic heterocycles. The van der Waals surface area contributed by atoms with Gasteiger partial charge in [0.25, 0.3) is 0 Å². The molecule has 0 N–H and O–H groups in total. The van der Waals surface area contributed by atoms with Crippen LogP contribution in [0, 0.1) is 0 Å². The van der Waals surface area contributed by atoms with Gasteiger partial charge >= 0.3 is 5.97 Å². The zero-order chi connectivity index (χ0) is 16.1. The first-order valence-corrected chi connectivity index (χ1v) is 7.56. The Morgan fingerprint density at radius 1 is 1.05 bits per heavy atom. The van der Waals surface area contributed by atoms with Crippen LogP contribution in [0.4, 0.5) is 0 Å². The van der Waals surface area contributed by atoms with Gasteiger partial charge in [0, 0.05) is 21.5 Å². The van der Waals surface area contributed by atoms with E-state index in [4.69, 9.17) is 44.3 Å². The minimum absolute atomic E-state index is 0.317. The summed E-state index contributed by atoms with van der Waals surface area (Å²) in [6.07, 6.45) is -0.504. The molecule has 0 spiro atoms. The van der Waals surface area contributed by atoms with Crippen LogP contribution in [-0.4, -0.2) is 19.2 Å². The molecule has 0 amide bonds. The van der Waals surface area contributed by atoms with E-state index in [0.717, 1.165) is 5.56 Å². The lowest BCUT2D eigenvalue weighted by Gasteiger charge is -2.17. The quantitative estimate of drug-likeness (QED) is 0.719. The van der Waals surface area contributed by atoms with E-state index in [0.29, 0.717) is 27.2 Å². The minimum Gasteiger partial charge on any atom is -0.478 e. The highest BCUT2D eigenvalue weighted by atomic mass is 35.5. The van der Waals surface area contributed by atoms with Crippen LogP contribution in [0.2, 0.25) is 15.1 Å². The number of hydrogen-bond acceptors (Lipinski definition) is 3. The summed E-state index contributed by atoms with van der Waals surface area (Å²) in [6, 6.07) is 11.9. The van der Waals surface area contributed by atoms with E-state index in [-0.39, 0.29) is 0 Å². The van der Waals surface area contributed by atoms with Crippen LogP contribution < -0.4 is 4.74 Å². The molecule has 22 heavy (non-hydrogen) atoms. The topological polar surface area (TPSA) is 35.5 Å². The van der Waals surface area contributed by atoms with Crippen molar-refractivity contribution in [1.82, 2.24) is 0 Å². The summed E-state index contributed by atoms with van der Waals surface area (Å²) in [5.74, 6) is -0.0917. The van der Waals surface area contributed by atoms with Crippen molar-refractivity contribution in [2.45, 2.75) is 12.5 Å². The Bertz CT molecular complexity index is 653. The maximum absolute atomic E-state index is 11.9. The van der Waals surface area contributed by atoms with E-state index in [1.54, 1.807) is 30.3 Å². The first-order valence-electron chi connectivity index (χ1n) is 6.43. The monoisotopic (exact) mass is 358 g/mol. The molecule has 0 saturated carbocycles. The third kappa shape index (κ3) is 4.80. The van der Waals surface area contributed by atoms with Crippen molar-refractivity contribution in [1.29, 1.82) is 0 Å². The first kappa shape index (κ1) is 16.9. The molecule has 0 fully saturated rings. The van der Waals surface area contributed by atoms with Gasteiger partial charge in [-0.15, -0.1) is 0 Å². The summed E-state index contributed by atoms with van der Waals surface area (Å²) in [5, 5.41) is 1.44. The fraction of sp³-hybridized carbons (Fsp3) is 0.188. The van der Waals surface area contributed by atoms with Crippen molar-refractivity contribution >= 4 is 40.8 Å². The highest BCUT2D eigenvalue weighted by Crippen LogP contribution is 2.26. The Balaban J connectivity index is 2.21. The lowest BCUT2D eigenvalue weighted by atomic mass is 10.1. The third-order valence-corrected chi connectivity index (χ3v) is 3.56. The largest absolute Gasteiger partial charge is 0.478 e. The second-order valence-corrected chi connectivity index (χ2v) is 5.88. The Morgan fingerprint density at radius 2 is 1.73 bits per heavy atom. The second kappa shape index (κ2) is 7.73. The zero-order valence-electron chi connectivity index (χ0n) is 11.7. The smallest absolute Gasteiger partial charge is 0.347 e. The summed E-state index contributed by atoms with van der Waals surface area (Å²) in [4.78, 5) is 11.9. The molecule has 0 radical (unpaired) electrons. The Kier molecular flexibility index (Phi) is 5.95. The molecule has 1 atom stereocenters. The van der Waals surface area contributed by atoms with E-state index >= 15 is 0 Å². The van der Waals surface area contributed by atoms with Crippen LogP contribution in [0.15, 0.2) is 42.5 Å². The lowest BCUT2D eigenvalue weighted by Crippen LogP contribution is -2.30. The molecule has 3 nitrogen and oxygen atoms in total. The maximum atomic E-state index is 11.9. The molecule has 2 aromatic rings. The van der Waals surface area contributed by atoms with Gasteiger partial charge in [-0.1, -0.05) is 46.9 Å². The number of carbonyl (C=O) groups excluding carboxylic acids is 1. The van der Waals surface area contributed by atoms with Gasteiger partial charge in [0.05, 0.1) is 7.11 Å². The van der Waals surface area contributed by atoms with Gasteiger partial charge in [0.2, 0.25) is 0 Å². The molecule has 1 unspecified atom stereocenters. The molecule has 2 aromatic carbocycles. The molecule has 0 aliphatic rings. The SMILES string of the molecule is COC(=O)C(Cc1cccc(Cl)c1)Oc1cc(Cl)cc(Cl)c1. The van der Waals surface area contributed by atoms with Gasteiger partial charge in [-0.05, 0) is 35.9 Å². The fourth-order valence-electron chi connectivity index (χ4n) is 1.94. The van der Waals surface area contributed by atoms with Crippen LogP contribution in [0.1, 0.15) is 5.56 Å². The van der Waals surface area contributed by atoms with Gasteiger partial charge in [-0.25, -0.2) is 4.79 Å². The molecule has 6 heteroatoms. The van der Waals surface area contributed by atoms with Crippen molar-refractivity contribution in [3.63, 3.8) is 0 Å². The summed E-state index contributed by atoms with van der Waals surface area (Å²) in [5.41, 5.74) is 0.857. The standard InChI is InChI=1S/C16H13Cl3O3/c1-21-16(20)15(6-10-3-2-4-11(17)5-10)22-14-8-12(18)7-13(19)9-14/h2-5,7-9,15H,6H2,1H3. The van der Waals surface area contributed by atoms with Gasteiger partial charge in [0.15, 0.2) is 6.10 Å². The van der Waals surface area contributed by atoms with Crippen molar-refractivity contribution in [3.05, 3.63) is 63.1 Å². The summed E-state index contributed by atoms with van der Waals surface area (Å²) < 4.78 is 10.5. The normalized spacial score (nSPS) is 11.8. The van der Waals surface area contributed by atoms with E-state index < -0.39 is 12.1 Å². The lowest BCUT2D eigenvalue weighted by molar-refractivity contribution is -0.148. The number of ether oxygens (including phenoxy) is 2. The predicted molar refractivity (Wildman–Crippen MR) is 88.1 cm³/mol. The van der Waals surface area contributed by atoms with Gasteiger partial charge in [-0.2, -0.15) is 0 Å². The number of methoxy groups -OCH3 is 1. The van der Waals surface area contributed by atoms with Crippen molar-refractivity contribution < 1.29 is 14.3 Å². The molecule has 0 saturated heterocycles. The number of carbonyl (C=O) groups is 1. The highest BCUT2D eigenvalue weighted by molar-refractivity contribution is 6.34. The van der Waals surface area contributed by atoms with Crippen LogP contribution in [0.3, 0.4) is 0 Å².